The number of aliphatic carboxylic acids is 3. The molecule has 0 radical (unpaired) electrons. The highest BCUT2D eigenvalue weighted by molar-refractivity contribution is 7.99. The molecule has 0 saturated heterocycles. The third kappa shape index (κ3) is 8.72. The molecule has 0 aromatic heterocycles. The van der Waals surface area contributed by atoms with Crippen molar-refractivity contribution in [3.05, 3.63) is 30.3 Å². The van der Waals surface area contributed by atoms with Gasteiger partial charge in [-0.25, -0.2) is 4.79 Å². The number of amides is 1. The minimum absolute atomic E-state index is 0.0724. The number of nitrogens with zero attached hydrogens (tertiary/aromatic N) is 1. The van der Waals surface area contributed by atoms with Crippen molar-refractivity contribution in [2.45, 2.75) is 10.9 Å². The van der Waals surface area contributed by atoms with Gasteiger partial charge in [0, 0.05) is 10.6 Å². The minimum Gasteiger partial charge on any atom is -0.480 e. The number of carboxylic acid groups (broad SMARTS) is 3. The van der Waals surface area contributed by atoms with Crippen LogP contribution >= 0.6 is 11.8 Å². The second-order valence-electron chi connectivity index (χ2n) is 5.02. The Morgan fingerprint density at radius 2 is 1.52 bits per heavy atom. The Hall–Kier alpha value is -2.59. The van der Waals surface area contributed by atoms with Crippen molar-refractivity contribution in [1.29, 1.82) is 0 Å². The van der Waals surface area contributed by atoms with E-state index in [4.69, 9.17) is 10.2 Å². The van der Waals surface area contributed by atoms with Crippen LogP contribution in [0.15, 0.2) is 35.2 Å². The molecule has 0 fully saturated rings. The van der Waals surface area contributed by atoms with Crippen molar-refractivity contribution in [2.75, 3.05) is 25.4 Å². The topological polar surface area (TPSA) is 144 Å². The molecular weight excluding hydrogens is 352 g/mol. The first-order valence-electron chi connectivity index (χ1n) is 7.14. The van der Waals surface area contributed by atoms with Crippen molar-refractivity contribution >= 4 is 35.6 Å². The zero-order valence-corrected chi connectivity index (χ0v) is 13.9. The van der Waals surface area contributed by atoms with E-state index in [0.717, 1.165) is 9.80 Å². The van der Waals surface area contributed by atoms with Crippen molar-refractivity contribution in [3.63, 3.8) is 0 Å². The van der Waals surface area contributed by atoms with Crippen LogP contribution in [-0.4, -0.2) is 75.5 Å². The summed E-state index contributed by atoms with van der Waals surface area (Å²) < 4.78 is 0. The molecule has 0 saturated carbocycles. The van der Waals surface area contributed by atoms with Crippen LogP contribution in [0.2, 0.25) is 0 Å². The fourth-order valence-corrected chi connectivity index (χ4v) is 2.80. The van der Waals surface area contributed by atoms with Gasteiger partial charge in [0.05, 0.1) is 19.6 Å². The number of hydrogen-bond acceptors (Lipinski definition) is 6. The van der Waals surface area contributed by atoms with Gasteiger partial charge in [0.15, 0.2) is 0 Å². The highest BCUT2D eigenvalue weighted by Gasteiger charge is 2.23. The van der Waals surface area contributed by atoms with E-state index in [-0.39, 0.29) is 5.75 Å². The summed E-state index contributed by atoms with van der Waals surface area (Å²) in [5, 5.41) is 28.9. The first kappa shape index (κ1) is 20.5. The summed E-state index contributed by atoms with van der Waals surface area (Å²) in [5.74, 6) is -4.50. The summed E-state index contributed by atoms with van der Waals surface area (Å²) in [6.45, 7) is -1.81. The van der Waals surface area contributed by atoms with Crippen LogP contribution in [0.4, 0.5) is 0 Å². The van der Waals surface area contributed by atoms with Gasteiger partial charge < -0.3 is 20.6 Å². The van der Waals surface area contributed by atoms with Crippen LogP contribution in [0.5, 0.6) is 0 Å². The quantitative estimate of drug-likeness (QED) is 0.390. The second kappa shape index (κ2) is 10.3. The van der Waals surface area contributed by atoms with E-state index in [1.54, 1.807) is 24.3 Å². The van der Waals surface area contributed by atoms with Gasteiger partial charge in [0.2, 0.25) is 5.91 Å². The van der Waals surface area contributed by atoms with Gasteiger partial charge in [-0.3, -0.25) is 19.3 Å². The summed E-state index contributed by atoms with van der Waals surface area (Å²) in [6.07, 6.45) is 0. The lowest BCUT2D eigenvalue weighted by molar-refractivity contribution is -0.144. The van der Waals surface area contributed by atoms with Crippen molar-refractivity contribution in [3.8, 4) is 0 Å². The smallest absolute Gasteiger partial charge is 0.327 e. The number of carbonyl (C=O) groups is 4. The lowest BCUT2D eigenvalue weighted by Gasteiger charge is -2.19. The average molecular weight is 370 g/mol. The van der Waals surface area contributed by atoms with E-state index in [0.29, 0.717) is 0 Å². The molecule has 9 nitrogen and oxygen atoms in total. The predicted molar refractivity (Wildman–Crippen MR) is 88.4 cm³/mol. The van der Waals surface area contributed by atoms with Crippen LogP contribution in [0, 0.1) is 0 Å². The molecule has 25 heavy (non-hydrogen) atoms. The Balaban J connectivity index is 2.60. The van der Waals surface area contributed by atoms with Gasteiger partial charge >= 0.3 is 17.9 Å². The summed E-state index contributed by atoms with van der Waals surface area (Å²) in [5.41, 5.74) is 0. The molecule has 1 atom stereocenters. The molecule has 0 heterocycles. The molecule has 0 aliphatic heterocycles. The Morgan fingerprint density at radius 3 is 2.00 bits per heavy atom. The molecule has 4 N–H and O–H groups in total. The van der Waals surface area contributed by atoms with Gasteiger partial charge in [0.25, 0.3) is 0 Å². The summed E-state index contributed by atoms with van der Waals surface area (Å²) >= 11 is 1.24. The van der Waals surface area contributed by atoms with Crippen molar-refractivity contribution in [1.82, 2.24) is 10.2 Å². The van der Waals surface area contributed by atoms with Crippen LogP contribution < -0.4 is 5.32 Å². The highest BCUT2D eigenvalue weighted by Crippen LogP contribution is 2.17. The molecule has 0 aliphatic rings. The molecule has 10 heteroatoms. The second-order valence-corrected chi connectivity index (χ2v) is 6.11. The van der Waals surface area contributed by atoms with Crippen LogP contribution in [0.3, 0.4) is 0 Å². The fourth-order valence-electron chi connectivity index (χ4n) is 1.86. The maximum absolute atomic E-state index is 11.9. The molecule has 0 bridgehead atoms. The van der Waals surface area contributed by atoms with Crippen molar-refractivity contribution < 1.29 is 34.5 Å². The zero-order valence-electron chi connectivity index (χ0n) is 13.1. The number of benzene rings is 1. The number of thioether (sulfide) groups is 1. The number of nitrogens with one attached hydrogen (secondary N) is 1. The highest BCUT2D eigenvalue weighted by atomic mass is 32.2. The molecule has 0 spiro atoms. The molecule has 136 valence electrons. The Bertz CT molecular complexity index is 608. The maximum Gasteiger partial charge on any atom is 0.327 e. The third-order valence-electron chi connectivity index (χ3n) is 2.88. The number of rotatable bonds is 11. The van der Waals surface area contributed by atoms with E-state index in [9.17, 15) is 24.3 Å². The Kier molecular flexibility index (Phi) is 8.44. The third-order valence-corrected chi connectivity index (χ3v) is 3.98. The van der Waals surface area contributed by atoms with E-state index < -0.39 is 49.5 Å². The monoisotopic (exact) mass is 370 g/mol. The standard InChI is InChI=1S/C15H18N2O7S/c18-12(6-17(7-13(19)20)8-14(21)22)16-11(15(23)24)9-25-10-4-2-1-3-5-10/h1-5,11H,6-9H2,(H,16,18)(H,19,20)(H,21,22)(H,23,24). The molecule has 1 rings (SSSR count). The SMILES string of the molecule is O=C(O)CN(CC(=O)O)CC(=O)NC(CSc1ccccc1)C(=O)O. The Labute approximate surface area is 147 Å². The van der Waals surface area contributed by atoms with Crippen LogP contribution in [0.25, 0.3) is 0 Å². The predicted octanol–water partition coefficient (Wildman–Crippen LogP) is -0.181. The van der Waals surface area contributed by atoms with Gasteiger partial charge in [-0.05, 0) is 12.1 Å². The molecule has 1 aromatic carbocycles. The lowest BCUT2D eigenvalue weighted by Crippen LogP contribution is -2.48. The van der Waals surface area contributed by atoms with Gasteiger partial charge in [0.1, 0.15) is 6.04 Å². The van der Waals surface area contributed by atoms with Gasteiger partial charge in [-0.15, -0.1) is 11.8 Å². The molecular formula is C15H18N2O7S. The van der Waals surface area contributed by atoms with Crippen LogP contribution in [0.1, 0.15) is 0 Å². The normalized spacial score (nSPS) is 11.7. The van der Waals surface area contributed by atoms with Gasteiger partial charge in [-0.2, -0.15) is 0 Å². The minimum atomic E-state index is -1.29. The zero-order chi connectivity index (χ0) is 18.8. The van der Waals surface area contributed by atoms with E-state index in [2.05, 4.69) is 5.32 Å². The van der Waals surface area contributed by atoms with E-state index >= 15 is 0 Å². The molecule has 1 amide bonds. The molecule has 0 aliphatic carbocycles. The van der Waals surface area contributed by atoms with Crippen LogP contribution in [-0.2, 0) is 19.2 Å². The number of carbonyl (C=O) groups excluding carboxylic acids is 1. The number of hydrogen-bond donors (Lipinski definition) is 4. The fraction of sp³-hybridized carbons (Fsp3) is 0.333. The average Bonchev–Trinajstić information content (AvgIpc) is 2.50. The summed E-state index contributed by atoms with van der Waals surface area (Å²) in [6, 6.07) is 7.83. The Morgan fingerprint density at radius 1 is 0.960 bits per heavy atom. The van der Waals surface area contributed by atoms with Crippen molar-refractivity contribution in [2.24, 2.45) is 0 Å². The van der Waals surface area contributed by atoms with E-state index in [1.165, 1.54) is 11.8 Å². The summed E-state index contributed by atoms with van der Waals surface area (Å²) in [4.78, 5) is 46.3. The number of carboxylic acids is 3. The maximum atomic E-state index is 11.9. The molecule has 1 aromatic rings. The molecule has 1 unspecified atom stereocenters. The largest absolute Gasteiger partial charge is 0.480 e. The first-order chi connectivity index (χ1) is 11.8. The van der Waals surface area contributed by atoms with Gasteiger partial charge in [-0.1, -0.05) is 18.2 Å². The lowest BCUT2D eigenvalue weighted by atomic mass is 10.3. The summed E-state index contributed by atoms with van der Waals surface area (Å²) in [7, 11) is 0. The van der Waals surface area contributed by atoms with E-state index in [1.807, 2.05) is 6.07 Å². The first-order valence-corrected chi connectivity index (χ1v) is 8.12.